The number of hydrogen-bond acceptors (Lipinski definition) is 3. The van der Waals surface area contributed by atoms with Crippen molar-refractivity contribution in [3.63, 3.8) is 0 Å². The molecule has 0 saturated carbocycles. The molecule has 0 atom stereocenters. The van der Waals surface area contributed by atoms with Crippen LogP contribution in [0, 0.1) is 12.7 Å². The van der Waals surface area contributed by atoms with Crippen LogP contribution in [0.3, 0.4) is 0 Å². The van der Waals surface area contributed by atoms with Crippen molar-refractivity contribution in [1.29, 1.82) is 0 Å². The SMILES string of the molecule is CCOc1ccc(S(=O)(=O)Nc2ccc(F)cc2C)cc1. The Labute approximate surface area is 123 Å². The number of anilines is 1. The third kappa shape index (κ3) is 3.72. The normalized spacial score (nSPS) is 11.2. The van der Waals surface area contributed by atoms with Crippen LogP contribution < -0.4 is 9.46 Å². The monoisotopic (exact) mass is 309 g/mol. The van der Waals surface area contributed by atoms with Crippen LogP contribution in [0.2, 0.25) is 0 Å². The van der Waals surface area contributed by atoms with Crippen LogP contribution in [0.15, 0.2) is 47.4 Å². The molecule has 0 aliphatic rings. The summed E-state index contributed by atoms with van der Waals surface area (Å²) in [7, 11) is -3.71. The summed E-state index contributed by atoms with van der Waals surface area (Å²) in [6.45, 7) is 4.00. The summed E-state index contributed by atoms with van der Waals surface area (Å²) < 4.78 is 45.3. The molecule has 0 heterocycles. The highest BCUT2D eigenvalue weighted by Crippen LogP contribution is 2.22. The maximum Gasteiger partial charge on any atom is 0.261 e. The highest BCUT2D eigenvalue weighted by atomic mass is 32.2. The largest absolute Gasteiger partial charge is 0.494 e. The lowest BCUT2D eigenvalue weighted by molar-refractivity contribution is 0.340. The minimum absolute atomic E-state index is 0.120. The van der Waals surface area contributed by atoms with Gasteiger partial charge in [-0.3, -0.25) is 4.72 Å². The first-order valence-corrected chi connectivity index (χ1v) is 7.92. The van der Waals surface area contributed by atoms with Crippen molar-refractivity contribution >= 4 is 15.7 Å². The smallest absolute Gasteiger partial charge is 0.261 e. The molecule has 0 amide bonds. The van der Waals surface area contributed by atoms with E-state index in [9.17, 15) is 12.8 Å². The summed E-state index contributed by atoms with van der Waals surface area (Å²) in [6, 6.07) is 10.00. The summed E-state index contributed by atoms with van der Waals surface area (Å²) in [5.74, 6) is 0.200. The summed E-state index contributed by atoms with van der Waals surface area (Å²) in [4.78, 5) is 0.120. The molecule has 1 N–H and O–H groups in total. The van der Waals surface area contributed by atoms with E-state index in [0.717, 1.165) is 0 Å². The molecule has 112 valence electrons. The van der Waals surface area contributed by atoms with Crippen molar-refractivity contribution in [2.24, 2.45) is 0 Å². The molecule has 0 aromatic heterocycles. The zero-order chi connectivity index (χ0) is 15.5. The van der Waals surface area contributed by atoms with Crippen molar-refractivity contribution in [1.82, 2.24) is 0 Å². The van der Waals surface area contributed by atoms with Gasteiger partial charge in [-0.25, -0.2) is 12.8 Å². The minimum Gasteiger partial charge on any atom is -0.494 e. The van der Waals surface area contributed by atoms with E-state index < -0.39 is 15.8 Å². The number of rotatable bonds is 5. The van der Waals surface area contributed by atoms with E-state index in [1.54, 1.807) is 19.1 Å². The number of aryl methyl sites for hydroxylation is 1. The van der Waals surface area contributed by atoms with Crippen LogP contribution in [0.5, 0.6) is 5.75 Å². The number of sulfonamides is 1. The van der Waals surface area contributed by atoms with E-state index in [-0.39, 0.29) is 4.90 Å². The van der Waals surface area contributed by atoms with Crippen molar-refractivity contribution in [2.75, 3.05) is 11.3 Å². The molecular weight excluding hydrogens is 293 g/mol. The fourth-order valence-electron chi connectivity index (χ4n) is 1.83. The molecule has 0 fully saturated rings. The van der Waals surface area contributed by atoms with Crippen LogP contribution in [0.25, 0.3) is 0 Å². The Balaban J connectivity index is 2.25. The van der Waals surface area contributed by atoms with Gasteiger partial charge in [0.1, 0.15) is 11.6 Å². The molecule has 6 heteroatoms. The van der Waals surface area contributed by atoms with Gasteiger partial charge in [0.25, 0.3) is 10.0 Å². The molecule has 0 aliphatic carbocycles. The number of hydrogen-bond donors (Lipinski definition) is 1. The van der Waals surface area contributed by atoms with Gasteiger partial charge in [0.2, 0.25) is 0 Å². The van der Waals surface area contributed by atoms with Crippen LogP contribution in [0.1, 0.15) is 12.5 Å². The second-order valence-corrected chi connectivity index (χ2v) is 6.15. The standard InChI is InChI=1S/C15H16FNO3S/c1-3-20-13-5-7-14(8-6-13)21(18,19)17-15-9-4-12(16)10-11(15)2/h4-10,17H,3H2,1-2H3. The highest BCUT2D eigenvalue weighted by Gasteiger charge is 2.15. The van der Waals surface area contributed by atoms with Crippen molar-refractivity contribution in [3.8, 4) is 5.75 Å². The molecule has 21 heavy (non-hydrogen) atoms. The molecule has 0 spiro atoms. The fourth-order valence-corrected chi connectivity index (χ4v) is 2.96. The molecule has 2 aromatic rings. The molecular formula is C15H16FNO3S. The van der Waals surface area contributed by atoms with Gasteiger partial charge in [0.05, 0.1) is 17.2 Å². The fraction of sp³-hybridized carbons (Fsp3) is 0.200. The van der Waals surface area contributed by atoms with E-state index in [1.165, 1.54) is 30.3 Å². The maximum atomic E-state index is 13.0. The number of halogens is 1. The number of benzene rings is 2. The zero-order valence-corrected chi connectivity index (χ0v) is 12.6. The summed E-state index contributed by atoms with van der Waals surface area (Å²) in [5.41, 5.74) is 0.870. The van der Waals surface area contributed by atoms with Gasteiger partial charge < -0.3 is 4.74 Å². The van der Waals surface area contributed by atoms with Gasteiger partial charge in [0.15, 0.2) is 0 Å². The minimum atomic E-state index is -3.71. The Morgan fingerprint density at radius 1 is 1.14 bits per heavy atom. The summed E-state index contributed by atoms with van der Waals surface area (Å²) in [5, 5.41) is 0. The number of nitrogens with one attached hydrogen (secondary N) is 1. The average Bonchev–Trinajstić information content (AvgIpc) is 2.43. The molecule has 0 unspecified atom stereocenters. The second kappa shape index (κ2) is 6.13. The van der Waals surface area contributed by atoms with Gasteiger partial charge in [-0.15, -0.1) is 0 Å². The van der Waals surface area contributed by atoms with Gasteiger partial charge in [-0.1, -0.05) is 0 Å². The van der Waals surface area contributed by atoms with Gasteiger partial charge >= 0.3 is 0 Å². The van der Waals surface area contributed by atoms with Crippen LogP contribution in [0.4, 0.5) is 10.1 Å². The highest BCUT2D eigenvalue weighted by molar-refractivity contribution is 7.92. The molecule has 0 aliphatic heterocycles. The summed E-state index contributed by atoms with van der Waals surface area (Å²) >= 11 is 0. The third-order valence-electron chi connectivity index (χ3n) is 2.88. The molecule has 4 nitrogen and oxygen atoms in total. The van der Waals surface area contributed by atoms with Crippen molar-refractivity contribution in [3.05, 3.63) is 53.8 Å². The lowest BCUT2D eigenvalue weighted by Gasteiger charge is -2.11. The van der Waals surface area contributed by atoms with E-state index in [1.807, 2.05) is 6.92 Å². The lowest BCUT2D eigenvalue weighted by Crippen LogP contribution is -2.13. The Kier molecular flexibility index (Phi) is 4.47. The van der Waals surface area contributed by atoms with E-state index >= 15 is 0 Å². The van der Waals surface area contributed by atoms with Crippen molar-refractivity contribution in [2.45, 2.75) is 18.7 Å². The van der Waals surface area contributed by atoms with E-state index in [0.29, 0.717) is 23.6 Å². The maximum absolute atomic E-state index is 13.0. The predicted molar refractivity (Wildman–Crippen MR) is 79.6 cm³/mol. The first kappa shape index (κ1) is 15.3. The van der Waals surface area contributed by atoms with E-state index in [2.05, 4.69) is 4.72 Å². The van der Waals surface area contributed by atoms with Crippen LogP contribution in [-0.2, 0) is 10.0 Å². The molecule has 0 bridgehead atoms. The first-order valence-electron chi connectivity index (χ1n) is 6.44. The first-order chi connectivity index (χ1) is 9.92. The van der Waals surface area contributed by atoms with Crippen LogP contribution in [-0.4, -0.2) is 15.0 Å². The molecule has 0 radical (unpaired) electrons. The average molecular weight is 309 g/mol. The van der Waals surface area contributed by atoms with Gasteiger partial charge in [-0.2, -0.15) is 0 Å². The third-order valence-corrected chi connectivity index (χ3v) is 4.26. The van der Waals surface area contributed by atoms with Crippen LogP contribution >= 0.6 is 0 Å². The van der Waals surface area contributed by atoms with E-state index in [4.69, 9.17) is 4.74 Å². The predicted octanol–water partition coefficient (Wildman–Crippen LogP) is 3.33. The molecule has 2 rings (SSSR count). The Morgan fingerprint density at radius 2 is 1.81 bits per heavy atom. The quantitative estimate of drug-likeness (QED) is 0.921. The zero-order valence-electron chi connectivity index (χ0n) is 11.8. The Bertz CT molecular complexity index is 727. The van der Waals surface area contributed by atoms with Gasteiger partial charge in [0, 0.05) is 0 Å². The second-order valence-electron chi connectivity index (χ2n) is 4.47. The van der Waals surface area contributed by atoms with Gasteiger partial charge in [-0.05, 0) is 61.9 Å². The molecule has 2 aromatic carbocycles. The lowest BCUT2D eigenvalue weighted by atomic mass is 10.2. The van der Waals surface area contributed by atoms with Crippen molar-refractivity contribution < 1.29 is 17.5 Å². The topological polar surface area (TPSA) is 55.4 Å². The Hall–Kier alpha value is -2.08. The molecule has 0 saturated heterocycles. The Morgan fingerprint density at radius 3 is 2.38 bits per heavy atom. The summed E-state index contributed by atoms with van der Waals surface area (Å²) in [6.07, 6.45) is 0. The number of ether oxygens (including phenoxy) is 1.